The highest BCUT2D eigenvalue weighted by atomic mass is 79.9. The van der Waals surface area contributed by atoms with Crippen molar-refractivity contribution in [2.75, 3.05) is 10.9 Å². The average Bonchev–Trinajstić information content (AvgIpc) is 2.75. The van der Waals surface area contributed by atoms with Gasteiger partial charge in [0, 0.05) is 6.42 Å². The highest BCUT2D eigenvalue weighted by molar-refractivity contribution is 9.10. The maximum atomic E-state index is 13.4. The Balaban J connectivity index is 1.82. The molecule has 0 bridgehead atoms. The first-order chi connectivity index (χ1) is 15.2. The van der Waals surface area contributed by atoms with E-state index in [0.29, 0.717) is 30.0 Å². The molecule has 3 aromatic rings. The van der Waals surface area contributed by atoms with Crippen molar-refractivity contribution in [2.24, 2.45) is 0 Å². The second-order valence-electron chi connectivity index (χ2n) is 7.65. The fourth-order valence-electron chi connectivity index (χ4n) is 3.26. The van der Waals surface area contributed by atoms with Crippen LogP contribution in [-0.4, -0.2) is 20.9 Å². The Morgan fingerprint density at radius 3 is 2.28 bits per heavy atom. The molecule has 0 fully saturated rings. The lowest BCUT2D eigenvalue weighted by atomic mass is 10.1. The van der Waals surface area contributed by atoms with E-state index < -0.39 is 15.9 Å². The number of carbonyl (C=O) groups excluding carboxylic acids is 1. The van der Waals surface area contributed by atoms with Gasteiger partial charge in [-0.25, -0.2) is 12.7 Å². The summed E-state index contributed by atoms with van der Waals surface area (Å²) in [5, 5.41) is 0. The number of hydrogen-bond donors (Lipinski definition) is 0. The van der Waals surface area contributed by atoms with Gasteiger partial charge >= 0.3 is 0 Å². The van der Waals surface area contributed by atoms with Gasteiger partial charge < -0.3 is 4.74 Å². The van der Waals surface area contributed by atoms with Crippen LogP contribution in [0.3, 0.4) is 0 Å². The first-order valence-corrected chi connectivity index (χ1v) is 12.5. The first kappa shape index (κ1) is 24.0. The van der Waals surface area contributed by atoms with Gasteiger partial charge in [0.05, 0.1) is 21.7 Å². The summed E-state index contributed by atoms with van der Waals surface area (Å²) in [7, 11) is -4.06. The summed E-state index contributed by atoms with van der Waals surface area (Å²) < 4.78 is 34.4. The summed E-state index contributed by atoms with van der Waals surface area (Å²) in [5.41, 5.74) is 3.07. The number of carbonyl (C=O) groups is 1. The van der Waals surface area contributed by atoms with Crippen LogP contribution in [0.4, 0.5) is 5.69 Å². The Bertz CT molecular complexity index is 1210. The third-order valence-electron chi connectivity index (χ3n) is 4.97. The summed E-state index contributed by atoms with van der Waals surface area (Å²) in [5.74, 6) is 0.195. The number of sulfonamides is 1. The third-order valence-corrected chi connectivity index (χ3v) is 7.34. The lowest BCUT2D eigenvalue weighted by Gasteiger charge is -2.25. The van der Waals surface area contributed by atoms with E-state index in [4.69, 9.17) is 4.74 Å². The van der Waals surface area contributed by atoms with E-state index in [1.54, 1.807) is 31.2 Å². The predicted molar refractivity (Wildman–Crippen MR) is 131 cm³/mol. The molecule has 32 heavy (non-hydrogen) atoms. The Morgan fingerprint density at radius 1 is 0.938 bits per heavy atom. The fraction of sp³-hybridized carbons (Fsp3) is 0.240. The highest BCUT2D eigenvalue weighted by Gasteiger charge is 2.31. The van der Waals surface area contributed by atoms with Gasteiger partial charge in [0.2, 0.25) is 5.91 Å². The average molecular weight is 516 g/mol. The van der Waals surface area contributed by atoms with E-state index in [0.717, 1.165) is 19.9 Å². The van der Waals surface area contributed by atoms with Crippen molar-refractivity contribution in [3.05, 3.63) is 87.9 Å². The Labute approximate surface area is 198 Å². The minimum atomic E-state index is -4.06. The van der Waals surface area contributed by atoms with E-state index >= 15 is 0 Å². The molecule has 5 nitrogen and oxygen atoms in total. The van der Waals surface area contributed by atoms with Crippen molar-refractivity contribution in [1.82, 2.24) is 0 Å². The molecule has 0 unspecified atom stereocenters. The van der Waals surface area contributed by atoms with Gasteiger partial charge in [-0.15, -0.1) is 0 Å². The summed E-state index contributed by atoms with van der Waals surface area (Å²) >= 11 is 3.47. The molecule has 0 radical (unpaired) electrons. The molecular weight excluding hydrogens is 490 g/mol. The normalized spacial score (nSPS) is 11.2. The fourth-order valence-corrected chi connectivity index (χ4v) is 5.40. The zero-order chi connectivity index (χ0) is 23.3. The van der Waals surface area contributed by atoms with Crippen molar-refractivity contribution in [1.29, 1.82) is 0 Å². The molecule has 3 rings (SSSR count). The second kappa shape index (κ2) is 10.3. The molecule has 1 amide bonds. The zero-order valence-electron chi connectivity index (χ0n) is 18.3. The standard InChI is InChI=1S/C25H26BrNO4S/c1-18-12-14-24(22(26)16-18)31-15-7-10-25(28)27(23-17-19(2)11-13-20(23)3)32(29,30)21-8-5-4-6-9-21/h4-6,8-9,11-14,16-17H,7,10,15H2,1-3H3. The molecule has 0 spiro atoms. The highest BCUT2D eigenvalue weighted by Crippen LogP contribution is 2.29. The van der Waals surface area contributed by atoms with E-state index in [1.165, 1.54) is 12.1 Å². The van der Waals surface area contributed by atoms with Crippen molar-refractivity contribution < 1.29 is 17.9 Å². The molecule has 7 heteroatoms. The van der Waals surface area contributed by atoms with Crippen LogP contribution < -0.4 is 9.04 Å². The SMILES string of the molecule is Cc1ccc(OCCCC(=O)N(c2cc(C)ccc2C)S(=O)(=O)c2ccccc2)c(Br)c1. The minimum Gasteiger partial charge on any atom is -0.492 e. The van der Waals surface area contributed by atoms with Crippen molar-refractivity contribution in [3.8, 4) is 5.75 Å². The van der Waals surface area contributed by atoms with Crippen LogP contribution in [-0.2, 0) is 14.8 Å². The molecule has 0 saturated heterocycles. The first-order valence-electron chi connectivity index (χ1n) is 10.3. The van der Waals surface area contributed by atoms with Gasteiger partial charge in [-0.3, -0.25) is 4.79 Å². The molecule has 0 N–H and O–H groups in total. The van der Waals surface area contributed by atoms with E-state index in [1.807, 2.05) is 44.2 Å². The Kier molecular flexibility index (Phi) is 7.74. The summed E-state index contributed by atoms with van der Waals surface area (Å²) in [6.45, 7) is 5.95. The monoisotopic (exact) mass is 515 g/mol. The molecular formula is C25H26BrNO4S. The molecule has 0 aliphatic carbocycles. The van der Waals surface area contributed by atoms with Gasteiger partial charge in [-0.05, 0) is 90.1 Å². The quantitative estimate of drug-likeness (QED) is 0.347. The molecule has 0 aliphatic rings. The van der Waals surface area contributed by atoms with Gasteiger partial charge in [0.1, 0.15) is 5.75 Å². The molecule has 3 aromatic carbocycles. The van der Waals surface area contributed by atoms with Gasteiger partial charge in [-0.1, -0.05) is 36.4 Å². The van der Waals surface area contributed by atoms with Crippen molar-refractivity contribution in [3.63, 3.8) is 0 Å². The Hall–Kier alpha value is -2.64. The Morgan fingerprint density at radius 2 is 1.59 bits per heavy atom. The maximum absolute atomic E-state index is 13.4. The van der Waals surface area contributed by atoms with Gasteiger partial charge in [-0.2, -0.15) is 0 Å². The van der Waals surface area contributed by atoms with Crippen molar-refractivity contribution in [2.45, 2.75) is 38.5 Å². The molecule has 0 aromatic heterocycles. The minimum absolute atomic E-state index is 0.0307. The van der Waals surface area contributed by atoms with Gasteiger partial charge in [0.25, 0.3) is 10.0 Å². The number of halogens is 1. The number of aryl methyl sites for hydroxylation is 3. The van der Waals surface area contributed by atoms with Crippen LogP contribution in [0.15, 0.2) is 76.1 Å². The number of ether oxygens (including phenoxy) is 1. The van der Waals surface area contributed by atoms with Crippen LogP contribution >= 0.6 is 15.9 Å². The summed E-state index contributed by atoms with van der Waals surface area (Å²) in [4.78, 5) is 13.3. The van der Waals surface area contributed by atoms with Crippen molar-refractivity contribution >= 4 is 37.5 Å². The van der Waals surface area contributed by atoms with E-state index in [9.17, 15) is 13.2 Å². The predicted octanol–water partition coefficient (Wildman–Crippen LogP) is 5.96. The largest absolute Gasteiger partial charge is 0.492 e. The topological polar surface area (TPSA) is 63.7 Å². The molecule has 0 heterocycles. The maximum Gasteiger partial charge on any atom is 0.270 e. The van der Waals surface area contributed by atoms with Crippen LogP contribution in [0.25, 0.3) is 0 Å². The number of nitrogens with zero attached hydrogens (tertiary/aromatic N) is 1. The lowest BCUT2D eigenvalue weighted by molar-refractivity contribution is -0.117. The lowest BCUT2D eigenvalue weighted by Crippen LogP contribution is -2.37. The summed E-state index contributed by atoms with van der Waals surface area (Å²) in [6.07, 6.45) is 0.410. The molecule has 168 valence electrons. The molecule has 0 atom stereocenters. The van der Waals surface area contributed by atoms with E-state index in [-0.39, 0.29) is 11.3 Å². The number of anilines is 1. The van der Waals surface area contributed by atoms with Crippen LogP contribution in [0.5, 0.6) is 5.75 Å². The smallest absolute Gasteiger partial charge is 0.270 e. The number of benzene rings is 3. The number of rotatable bonds is 8. The van der Waals surface area contributed by atoms with Crippen LogP contribution in [0.2, 0.25) is 0 Å². The van der Waals surface area contributed by atoms with Crippen LogP contribution in [0, 0.1) is 20.8 Å². The summed E-state index contributed by atoms with van der Waals surface area (Å²) in [6, 6.07) is 19.2. The second-order valence-corrected chi connectivity index (χ2v) is 10.3. The number of amides is 1. The van der Waals surface area contributed by atoms with E-state index in [2.05, 4.69) is 15.9 Å². The molecule has 0 aliphatic heterocycles. The van der Waals surface area contributed by atoms with Crippen LogP contribution in [0.1, 0.15) is 29.5 Å². The zero-order valence-corrected chi connectivity index (χ0v) is 20.7. The molecule has 0 saturated carbocycles. The number of hydrogen-bond acceptors (Lipinski definition) is 4. The third kappa shape index (κ3) is 5.58. The van der Waals surface area contributed by atoms with Gasteiger partial charge in [0.15, 0.2) is 0 Å².